The van der Waals surface area contributed by atoms with Crippen LogP contribution in [0, 0.1) is 17.8 Å². The first-order chi connectivity index (χ1) is 15.0. The maximum atomic E-state index is 13.0. The lowest BCUT2D eigenvalue weighted by Gasteiger charge is -2.36. The number of rotatable bonds is 4. The Kier molecular flexibility index (Phi) is 4.77. The number of barbiturate groups is 1. The zero-order chi connectivity index (χ0) is 21.5. The van der Waals surface area contributed by atoms with E-state index in [-0.39, 0.29) is 6.04 Å². The molecule has 3 fully saturated rings. The number of fused-ring (bicyclic) bond motifs is 3. The number of hydrazone groups is 1. The van der Waals surface area contributed by atoms with Crippen LogP contribution in [0.15, 0.2) is 47.6 Å². The summed E-state index contributed by atoms with van der Waals surface area (Å²) in [7, 11) is 0. The van der Waals surface area contributed by atoms with Crippen LogP contribution in [0.25, 0.3) is 10.8 Å². The Labute approximate surface area is 178 Å². The smallest absolute Gasteiger partial charge is 0.277 e. The molecule has 158 valence electrons. The SMILES string of the molecule is O=C(N/N=C\[C@@H]1C(=O)NC(=O)N([C@H]2C[C@H]3CC[C@H]2C3)C1=O)c1cccc2ccccc12. The summed E-state index contributed by atoms with van der Waals surface area (Å²) in [6.45, 7) is 0. The number of carbonyl (C=O) groups is 4. The summed E-state index contributed by atoms with van der Waals surface area (Å²) >= 11 is 0. The number of imide groups is 2. The van der Waals surface area contributed by atoms with Crippen LogP contribution in [0.3, 0.4) is 0 Å². The Hall–Kier alpha value is -3.55. The first-order valence-corrected chi connectivity index (χ1v) is 10.5. The van der Waals surface area contributed by atoms with Gasteiger partial charge in [0.05, 0.1) is 0 Å². The summed E-state index contributed by atoms with van der Waals surface area (Å²) < 4.78 is 0. The molecule has 8 heteroatoms. The van der Waals surface area contributed by atoms with Crippen LogP contribution >= 0.6 is 0 Å². The van der Waals surface area contributed by atoms with Crippen LogP contribution in [0.4, 0.5) is 4.79 Å². The fourth-order valence-electron chi connectivity index (χ4n) is 5.23. The molecule has 2 aliphatic carbocycles. The van der Waals surface area contributed by atoms with E-state index in [4.69, 9.17) is 0 Å². The predicted molar refractivity (Wildman–Crippen MR) is 113 cm³/mol. The highest BCUT2D eigenvalue weighted by atomic mass is 16.2. The summed E-state index contributed by atoms with van der Waals surface area (Å²) in [5, 5.41) is 7.83. The minimum atomic E-state index is -1.25. The number of hydrogen-bond donors (Lipinski definition) is 2. The molecule has 5 rings (SSSR count). The second-order valence-electron chi connectivity index (χ2n) is 8.47. The number of urea groups is 1. The molecule has 2 N–H and O–H groups in total. The molecule has 0 radical (unpaired) electrons. The molecule has 2 saturated carbocycles. The van der Waals surface area contributed by atoms with E-state index in [0.717, 1.165) is 42.7 Å². The van der Waals surface area contributed by atoms with Gasteiger partial charge in [0, 0.05) is 17.8 Å². The molecule has 2 aromatic rings. The minimum Gasteiger partial charge on any atom is -0.277 e. The molecule has 0 unspecified atom stereocenters. The van der Waals surface area contributed by atoms with Gasteiger partial charge in [-0.1, -0.05) is 42.8 Å². The number of nitrogens with zero attached hydrogens (tertiary/aromatic N) is 2. The lowest BCUT2D eigenvalue weighted by atomic mass is 9.92. The van der Waals surface area contributed by atoms with Crippen molar-refractivity contribution >= 4 is 40.7 Å². The van der Waals surface area contributed by atoms with Crippen molar-refractivity contribution in [3.05, 3.63) is 48.0 Å². The molecular weight excluding hydrogens is 396 g/mol. The minimum absolute atomic E-state index is 0.166. The van der Waals surface area contributed by atoms with E-state index in [9.17, 15) is 19.2 Å². The zero-order valence-electron chi connectivity index (χ0n) is 16.8. The Morgan fingerprint density at radius 1 is 1.06 bits per heavy atom. The van der Waals surface area contributed by atoms with E-state index in [1.807, 2.05) is 30.3 Å². The second kappa shape index (κ2) is 7.61. The molecule has 1 aliphatic heterocycles. The maximum Gasteiger partial charge on any atom is 0.331 e. The topological polar surface area (TPSA) is 108 Å². The lowest BCUT2D eigenvalue weighted by molar-refractivity contribution is -0.141. The molecule has 1 saturated heterocycles. The van der Waals surface area contributed by atoms with Crippen LogP contribution in [0.1, 0.15) is 36.0 Å². The maximum absolute atomic E-state index is 13.0. The van der Waals surface area contributed by atoms with Gasteiger partial charge in [-0.3, -0.25) is 24.6 Å². The Morgan fingerprint density at radius 2 is 1.87 bits per heavy atom. The summed E-state index contributed by atoms with van der Waals surface area (Å²) in [4.78, 5) is 51.4. The van der Waals surface area contributed by atoms with Crippen LogP contribution in [-0.4, -0.2) is 40.9 Å². The number of benzene rings is 2. The normalized spacial score (nSPS) is 27.9. The van der Waals surface area contributed by atoms with Crippen molar-refractivity contribution in [2.75, 3.05) is 0 Å². The van der Waals surface area contributed by atoms with Gasteiger partial charge >= 0.3 is 6.03 Å². The van der Waals surface area contributed by atoms with Gasteiger partial charge in [-0.25, -0.2) is 10.2 Å². The van der Waals surface area contributed by atoms with Gasteiger partial charge < -0.3 is 0 Å². The Morgan fingerprint density at radius 3 is 2.65 bits per heavy atom. The zero-order valence-corrected chi connectivity index (χ0v) is 16.8. The van der Waals surface area contributed by atoms with E-state index < -0.39 is 29.7 Å². The number of hydrogen-bond acceptors (Lipinski definition) is 5. The highest BCUT2D eigenvalue weighted by molar-refractivity contribution is 6.23. The first-order valence-electron chi connectivity index (χ1n) is 10.5. The van der Waals surface area contributed by atoms with E-state index in [2.05, 4.69) is 15.8 Å². The molecule has 2 aromatic carbocycles. The fraction of sp³-hybridized carbons (Fsp3) is 0.348. The summed E-state index contributed by atoms with van der Waals surface area (Å²) in [5.74, 6) is -2.15. The van der Waals surface area contributed by atoms with Gasteiger partial charge in [0.1, 0.15) is 0 Å². The number of nitrogens with one attached hydrogen (secondary N) is 2. The van der Waals surface area contributed by atoms with Crippen LogP contribution in [0.2, 0.25) is 0 Å². The van der Waals surface area contributed by atoms with Crippen molar-refractivity contribution in [1.82, 2.24) is 15.6 Å². The molecule has 2 bridgehead atoms. The van der Waals surface area contributed by atoms with Crippen molar-refractivity contribution in [2.24, 2.45) is 22.9 Å². The molecule has 0 spiro atoms. The third-order valence-electron chi connectivity index (χ3n) is 6.69. The van der Waals surface area contributed by atoms with Crippen LogP contribution in [0.5, 0.6) is 0 Å². The molecule has 1 heterocycles. The van der Waals surface area contributed by atoms with Gasteiger partial charge in [0.25, 0.3) is 5.91 Å². The molecule has 8 nitrogen and oxygen atoms in total. The van der Waals surface area contributed by atoms with E-state index in [1.165, 1.54) is 4.90 Å². The lowest BCUT2D eigenvalue weighted by Crippen LogP contribution is -2.62. The highest BCUT2D eigenvalue weighted by Crippen LogP contribution is 2.47. The highest BCUT2D eigenvalue weighted by Gasteiger charge is 2.50. The summed E-state index contributed by atoms with van der Waals surface area (Å²) in [6.07, 6.45) is 5.05. The van der Waals surface area contributed by atoms with Gasteiger partial charge in [-0.15, -0.1) is 0 Å². The fourth-order valence-corrected chi connectivity index (χ4v) is 5.23. The average Bonchev–Trinajstić information content (AvgIpc) is 3.39. The molecule has 5 amide bonds. The molecule has 4 atom stereocenters. The van der Waals surface area contributed by atoms with Crippen LogP contribution in [-0.2, 0) is 9.59 Å². The third kappa shape index (κ3) is 3.37. The second-order valence-corrected chi connectivity index (χ2v) is 8.47. The van der Waals surface area contributed by atoms with Gasteiger partial charge in [-0.2, -0.15) is 5.10 Å². The largest absolute Gasteiger partial charge is 0.331 e. The molecule has 3 aliphatic rings. The first kappa shape index (κ1) is 19.4. The van der Waals surface area contributed by atoms with Gasteiger partial charge in [0.15, 0.2) is 5.92 Å². The van der Waals surface area contributed by atoms with Gasteiger partial charge in [0.2, 0.25) is 11.8 Å². The third-order valence-corrected chi connectivity index (χ3v) is 6.69. The van der Waals surface area contributed by atoms with Crippen molar-refractivity contribution in [3.63, 3.8) is 0 Å². The molecule has 31 heavy (non-hydrogen) atoms. The van der Waals surface area contributed by atoms with Crippen molar-refractivity contribution < 1.29 is 19.2 Å². The standard InChI is InChI=1S/C23H22N4O4/c28-20-18(22(30)27(23(31)25-20)19-11-13-8-9-15(19)10-13)12-24-26-21(29)17-7-3-5-14-4-1-2-6-16(14)17/h1-7,12-13,15,18-19H,8-11H2,(H,26,29)(H,25,28,31)/b24-12-/t13-,15-,18+,19-/m0/s1. The molecular formula is C23H22N4O4. The Bertz CT molecular complexity index is 1120. The monoisotopic (exact) mass is 418 g/mol. The number of amides is 5. The molecule has 0 aromatic heterocycles. The van der Waals surface area contributed by atoms with Crippen molar-refractivity contribution in [2.45, 2.75) is 31.7 Å². The van der Waals surface area contributed by atoms with E-state index in [0.29, 0.717) is 17.4 Å². The number of carbonyl (C=O) groups excluding carboxylic acids is 4. The van der Waals surface area contributed by atoms with Gasteiger partial charge in [-0.05, 0) is 47.9 Å². The predicted octanol–water partition coefficient (Wildman–Crippen LogP) is 2.44. The van der Waals surface area contributed by atoms with Crippen molar-refractivity contribution in [3.8, 4) is 0 Å². The van der Waals surface area contributed by atoms with E-state index in [1.54, 1.807) is 12.1 Å². The van der Waals surface area contributed by atoms with Crippen molar-refractivity contribution in [1.29, 1.82) is 0 Å². The van der Waals surface area contributed by atoms with E-state index >= 15 is 0 Å². The van der Waals surface area contributed by atoms with Crippen LogP contribution < -0.4 is 10.7 Å². The summed E-state index contributed by atoms with van der Waals surface area (Å²) in [6, 6.07) is 12.0. The summed E-state index contributed by atoms with van der Waals surface area (Å²) in [5.41, 5.74) is 2.84. The quantitative estimate of drug-likeness (QED) is 0.452. The Balaban J connectivity index is 1.31. The average molecular weight is 418 g/mol.